The summed E-state index contributed by atoms with van der Waals surface area (Å²) in [6, 6.07) is 0. The van der Waals surface area contributed by atoms with Crippen LogP contribution in [0, 0.1) is 0 Å². The summed E-state index contributed by atoms with van der Waals surface area (Å²) in [4.78, 5) is 16.2. The van der Waals surface area contributed by atoms with E-state index in [1.807, 2.05) is 0 Å². The Bertz CT molecular complexity index is 225. The third kappa shape index (κ3) is 2.04. The Morgan fingerprint density at radius 1 is 1.91 bits per heavy atom. The molecule has 1 amide bonds. The summed E-state index contributed by atoms with van der Waals surface area (Å²) in [7, 11) is 1.34. The van der Waals surface area contributed by atoms with Crippen LogP contribution in [0.1, 0.15) is 0 Å². The first-order chi connectivity index (χ1) is 5.24. The van der Waals surface area contributed by atoms with Crippen molar-refractivity contribution in [1.82, 2.24) is 4.90 Å². The van der Waals surface area contributed by atoms with Crippen LogP contribution in [0.5, 0.6) is 0 Å². The van der Waals surface area contributed by atoms with Gasteiger partial charge in [-0.2, -0.15) is 0 Å². The zero-order valence-electron chi connectivity index (χ0n) is 5.95. The number of nitrogens with zero attached hydrogens (tertiary/aromatic N) is 2. The molecule has 0 N–H and O–H groups in total. The van der Waals surface area contributed by atoms with Crippen LogP contribution in [0.25, 0.3) is 0 Å². The molecule has 60 valence electrons. The van der Waals surface area contributed by atoms with Crippen LogP contribution < -0.4 is 0 Å². The average Bonchev–Trinajstić information content (AvgIpc) is 2.05. The number of ether oxygens (including phenoxy) is 1. The van der Waals surface area contributed by atoms with Crippen molar-refractivity contribution in [3.63, 3.8) is 0 Å². The second-order valence-electron chi connectivity index (χ2n) is 1.88. The molecule has 0 bridgehead atoms. The van der Waals surface area contributed by atoms with E-state index in [1.165, 1.54) is 12.0 Å². The largest absolute Gasteiger partial charge is 0.452 e. The number of aliphatic imine (C=N–C) groups is 1. The number of hydrogen-bond donors (Lipinski definition) is 0. The van der Waals surface area contributed by atoms with Crippen molar-refractivity contribution in [2.24, 2.45) is 4.99 Å². The third-order valence-electron chi connectivity index (χ3n) is 1.18. The predicted molar refractivity (Wildman–Crippen MR) is 44.6 cm³/mol. The second kappa shape index (κ2) is 3.52. The van der Waals surface area contributed by atoms with Gasteiger partial charge in [0.1, 0.15) is 11.3 Å². The van der Waals surface area contributed by atoms with Crippen LogP contribution in [0.2, 0.25) is 0 Å². The van der Waals surface area contributed by atoms with E-state index in [1.54, 1.807) is 12.3 Å². The van der Waals surface area contributed by atoms with Crippen LogP contribution >= 0.6 is 15.9 Å². The Hall–Kier alpha value is -0.840. The number of allylic oxidation sites excluding steroid dienone is 1. The first-order valence-corrected chi connectivity index (χ1v) is 3.76. The molecule has 0 atom stereocenters. The third-order valence-corrected chi connectivity index (χ3v) is 1.69. The molecule has 0 radical (unpaired) electrons. The Morgan fingerprint density at radius 3 is 3.09 bits per heavy atom. The molecule has 1 rings (SSSR count). The van der Waals surface area contributed by atoms with Gasteiger partial charge in [0.2, 0.25) is 0 Å². The normalized spacial score (nSPS) is 16.2. The summed E-state index contributed by atoms with van der Waals surface area (Å²) in [5.74, 6) is 0. The number of carbonyl (C=O) groups excluding carboxylic acids is 1. The fourth-order valence-electron chi connectivity index (χ4n) is 0.631. The van der Waals surface area contributed by atoms with Crippen molar-refractivity contribution in [3.8, 4) is 0 Å². The van der Waals surface area contributed by atoms with Gasteiger partial charge in [-0.3, -0.25) is 9.89 Å². The lowest BCUT2D eigenvalue weighted by atomic mass is 10.5. The van der Waals surface area contributed by atoms with E-state index in [0.29, 0.717) is 6.67 Å². The van der Waals surface area contributed by atoms with Gasteiger partial charge in [0.05, 0.1) is 7.11 Å². The van der Waals surface area contributed by atoms with E-state index in [4.69, 9.17) is 0 Å². The molecule has 0 aromatic carbocycles. The summed E-state index contributed by atoms with van der Waals surface area (Å²) >= 11 is 3.17. The Morgan fingerprint density at radius 2 is 2.64 bits per heavy atom. The minimum Gasteiger partial charge on any atom is -0.452 e. The molecule has 11 heavy (non-hydrogen) atoms. The van der Waals surface area contributed by atoms with Gasteiger partial charge < -0.3 is 4.74 Å². The zero-order chi connectivity index (χ0) is 8.27. The first kappa shape index (κ1) is 8.26. The lowest BCUT2D eigenvalue weighted by molar-refractivity contribution is 0.140. The van der Waals surface area contributed by atoms with Crippen molar-refractivity contribution >= 4 is 26.6 Å². The Balaban J connectivity index is 2.55. The van der Waals surface area contributed by atoms with Gasteiger partial charge in [-0.15, -0.1) is 0 Å². The van der Waals surface area contributed by atoms with E-state index in [0.717, 1.165) is 4.62 Å². The molecule has 1 heterocycles. The standard InChI is InChI=1S/C6H7BrN2O2/c1-11-6(10)9-3-2-5(7)8-4-9/h2-3H,4H2,1H3. The monoisotopic (exact) mass is 218 g/mol. The van der Waals surface area contributed by atoms with Gasteiger partial charge in [0.25, 0.3) is 0 Å². The summed E-state index contributed by atoms with van der Waals surface area (Å²) in [6.07, 6.45) is 2.90. The van der Waals surface area contributed by atoms with E-state index in [-0.39, 0.29) is 0 Å². The molecule has 0 fully saturated rings. The smallest absolute Gasteiger partial charge is 0.415 e. The van der Waals surface area contributed by atoms with Crippen LogP contribution in [0.3, 0.4) is 0 Å². The number of methoxy groups -OCH3 is 1. The maximum absolute atomic E-state index is 10.8. The van der Waals surface area contributed by atoms with Gasteiger partial charge in [-0.05, 0) is 22.0 Å². The maximum atomic E-state index is 10.8. The number of carbonyl (C=O) groups is 1. The highest BCUT2D eigenvalue weighted by atomic mass is 79.9. The minimum absolute atomic E-state index is 0.309. The quantitative estimate of drug-likeness (QED) is 0.616. The summed E-state index contributed by atoms with van der Waals surface area (Å²) < 4.78 is 5.21. The SMILES string of the molecule is COC(=O)N1C=CC(Br)=NC1. The highest BCUT2D eigenvalue weighted by Gasteiger charge is 2.11. The molecule has 1 aliphatic rings. The predicted octanol–water partition coefficient (Wildman–Crippen LogP) is 1.33. The molecule has 1 aliphatic heterocycles. The molecule has 0 aromatic heterocycles. The molecule has 0 spiro atoms. The van der Waals surface area contributed by atoms with Crippen molar-refractivity contribution < 1.29 is 9.53 Å². The topological polar surface area (TPSA) is 41.9 Å². The van der Waals surface area contributed by atoms with Crippen molar-refractivity contribution in [2.75, 3.05) is 13.8 Å². The number of amides is 1. The van der Waals surface area contributed by atoms with Crippen LogP contribution in [-0.4, -0.2) is 29.4 Å². The first-order valence-electron chi connectivity index (χ1n) is 2.97. The summed E-state index contributed by atoms with van der Waals surface area (Å²) in [5, 5.41) is 0. The molecule has 0 aliphatic carbocycles. The fourth-order valence-corrected chi connectivity index (χ4v) is 0.861. The fraction of sp³-hybridized carbons (Fsp3) is 0.333. The molecule has 5 heteroatoms. The lowest BCUT2D eigenvalue weighted by Gasteiger charge is -2.16. The van der Waals surface area contributed by atoms with Gasteiger partial charge in [0, 0.05) is 6.20 Å². The molecule has 0 unspecified atom stereocenters. The molecule has 0 saturated carbocycles. The Kier molecular flexibility index (Phi) is 2.64. The highest BCUT2D eigenvalue weighted by Crippen LogP contribution is 2.04. The molecule has 4 nitrogen and oxygen atoms in total. The van der Waals surface area contributed by atoms with Crippen molar-refractivity contribution in [2.45, 2.75) is 0 Å². The molecular weight excluding hydrogens is 212 g/mol. The second-order valence-corrected chi connectivity index (χ2v) is 2.69. The van der Waals surface area contributed by atoms with Gasteiger partial charge >= 0.3 is 6.09 Å². The molecule has 0 aromatic rings. The summed E-state index contributed by atoms with van der Waals surface area (Å²) in [6.45, 7) is 0.309. The zero-order valence-corrected chi connectivity index (χ0v) is 7.54. The minimum atomic E-state index is -0.398. The van der Waals surface area contributed by atoms with Crippen molar-refractivity contribution in [3.05, 3.63) is 12.3 Å². The van der Waals surface area contributed by atoms with Crippen molar-refractivity contribution in [1.29, 1.82) is 0 Å². The van der Waals surface area contributed by atoms with Gasteiger partial charge in [0.15, 0.2) is 0 Å². The van der Waals surface area contributed by atoms with E-state index < -0.39 is 6.09 Å². The van der Waals surface area contributed by atoms with Gasteiger partial charge in [-0.1, -0.05) is 0 Å². The lowest BCUT2D eigenvalue weighted by Crippen LogP contribution is -2.27. The van der Waals surface area contributed by atoms with E-state index in [9.17, 15) is 4.79 Å². The number of rotatable bonds is 0. The van der Waals surface area contributed by atoms with E-state index in [2.05, 4.69) is 25.7 Å². The average molecular weight is 219 g/mol. The molecular formula is C6H7BrN2O2. The highest BCUT2D eigenvalue weighted by molar-refractivity contribution is 9.18. The van der Waals surface area contributed by atoms with E-state index >= 15 is 0 Å². The van der Waals surface area contributed by atoms with Gasteiger partial charge in [-0.25, -0.2) is 4.79 Å². The van der Waals surface area contributed by atoms with Crippen LogP contribution in [-0.2, 0) is 4.74 Å². The Labute approximate surface area is 72.7 Å². The maximum Gasteiger partial charge on any atom is 0.415 e. The van der Waals surface area contributed by atoms with Crippen LogP contribution in [0.4, 0.5) is 4.79 Å². The summed E-state index contributed by atoms with van der Waals surface area (Å²) in [5.41, 5.74) is 0. The molecule has 0 saturated heterocycles. The number of hydrogen-bond acceptors (Lipinski definition) is 3. The van der Waals surface area contributed by atoms with Crippen LogP contribution in [0.15, 0.2) is 17.3 Å². The number of halogens is 1.